The number of fused-ring (bicyclic) bond motifs is 3. The lowest BCUT2D eigenvalue weighted by Gasteiger charge is -2.21. The molecule has 4 rings (SSSR count). The Morgan fingerprint density at radius 3 is 2.25 bits per heavy atom. The first kappa shape index (κ1) is 17.8. The summed E-state index contributed by atoms with van der Waals surface area (Å²) in [5.74, 6) is -2.39. The third kappa shape index (κ3) is 3.11. The summed E-state index contributed by atoms with van der Waals surface area (Å²) < 4.78 is 0. The van der Waals surface area contributed by atoms with E-state index in [1.54, 1.807) is 0 Å². The molecule has 0 aliphatic heterocycles. The Kier molecular flexibility index (Phi) is 4.57. The number of rotatable bonds is 6. The van der Waals surface area contributed by atoms with Gasteiger partial charge in [0, 0.05) is 11.6 Å². The van der Waals surface area contributed by atoms with Crippen LogP contribution >= 0.6 is 0 Å². The minimum Gasteiger partial charge on any atom is -0.481 e. The number of carboxylic acids is 2. The van der Waals surface area contributed by atoms with Crippen molar-refractivity contribution in [3.05, 3.63) is 89.5 Å². The predicted octanol–water partition coefficient (Wildman–Crippen LogP) is 4.19. The number of nitrogens with one attached hydrogen (secondary N) is 1. The Labute approximate surface area is 162 Å². The van der Waals surface area contributed by atoms with E-state index in [1.165, 1.54) is 0 Å². The largest absolute Gasteiger partial charge is 0.481 e. The molecule has 0 fully saturated rings. The fourth-order valence-corrected chi connectivity index (χ4v) is 3.94. The molecule has 0 aromatic heterocycles. The highest BCUT2D eigenvalue weighted by Crippen LogP contribution is 2.50. The van der Waals surface area contributed by atoms with Gasteiger partial charge >= 0.3 is 11.9 Å². The zero-order valence-electron chi connectivity index (χ0n) is 15.0. The molecule has 0 saturated carbocycles. The van der Waals surface area contributed by atoms with Crippen LogP contribution in [0.25, 0.3) is 11.1 Å². The van der Waals surface area contributed by atoms with Crippen molar-refractivity contribution < 1.29 is 19.8 Å². The summed E-state index contributed by atoms with van der Waals surface area (Å²) in [4.78, 5) is 22.7. The number of hydrogen-bond acceptors (Lipinski definition) is 3. The molecule has 1 aliphatic rings. The molecular formula is C23H19NO4. The molecule has 2 atom stereocenters. The summed E-state index contributed by atoms with van der Waals surface area (Å²) in [7, 11) is 0. The molecule has 5 heteroatoms. The Morgan fingerprint density at radius 2 is 1.54 bits per heavy atom. The van der Waals surface area contributed by atoms with Crippen molar-refractivity contribution >= 4 is 17.6 Å². The van der Waals surface area contributed by atoms with Crippen molar-refractivity contribution in [2.75, 3.05) is 5.32 Å². The van der Waals surface area contributed by atoms with E-state index < -0.39 is 24.4 Å². The van der Waals surface area contributed by atoms with Crippen molar-refractivity contribution in [1.29, 1.82) is 0 Å². The first-order valence-corrected chi connectivity index (χ1v) is 9.04. The molecular weight excluding hydrogens is 354 g/mol. The zero-order valence-corrected chi connectivity index (χ0v) is 15.0. The third-order valence-electron chi connectivity index (χ3n) is 5.10. The quantitative estimate of drug-likeness (QED) is 0.472. The van der Waals surface area contributed by atoms with Gasteiger partial charge in [-0.3, -0.25) is 4.79 Å². The van der Waals surface area contributed by atoms with Gasteiger partial charge in [0.1, 0.15) is 6.04 Å². The summed E-state index contributed by atoms with van der Waals surface area (Å²) in [6, 6.07) is 22.7. The van der Waals surface area contributed by atoms with E-state index in [9.17, 15) is 14.7 Å². The summed E-state index contributed by atoms with van der Waals surface area (Å²) in [5.41, 5.74) is 6.04. The Hall–Kier alpha value is -3.60. The van der Waals surface area contributed by atoms with Crippen LogP contribution in [0.5, 0.6) is 0 Å². The Balaban J connectivity index is 1.85. The van der Waals surface area contributed by atoms with Crippen molar-refractivity contribution in [3.8, 4) is 11.1 Å². The van der Waals surface area contributed by atoms with E-state index >= 15 is 0 Å². The van der Waals surface area contributed by atoms with E-state index in [2.05, 4.69) is 29.6 Å². The normalized spacial score (nSPS) is 15.4. The number of aliphatic carboxylic acids is 2. The van der Waals surface area contributed by atoms with Gasteiger partial charge in [0.05, 0.1) is 6.42 Å². The molecule has 1 unspecified atom stereocenters. The summed E-state index contributed by atoms with van der Waals surface area (Å²) in [6.45, 7) is 0. The molecule has 3 N–H and O–H groups in total. The average molecular weight is 373 g/mol. The van der Waals surface area contributed by atoms with Gasteiger partial charge in [-0.2, -0.15) is 0 Å². The van der Waals surface area contributed by atoms with Gasteiger partial charge in [-0.15, -0.1) is 0 Å². The van der Waals surface area contributed by atoms with Crippen LogP contribution in [0, 0.1) is 0 Å². The van der Waals surface area contributed by atoms with Crippen molar-refractivity contribution in [1.82, 2.24) is 0 Å². The molecule has 5 nitrogen and oxygen atoms in total. The first-order chi connectivity index (χ1) is 13.6. The van der Waals surface area contributed by atoms with Crippen LogP contribution in [-0.4, -0.2) is 28.2 Å². The average Bonchev–Trinajstić information content (AvgIpc) is 3.03. The van der Waals surface area contributed by atoms with Crippen LogP contribution in [0.4, 0.5) is 5.69 Å². The lowest BCUT2D eigenvalue weighted by molar-refractivity contribution is -0.144. The van der Waals surface area contributed by atoms with Gasteiger partial charge in [0.2, 0.25) is 0 Å². The fourth-order valence-electron chi connectivity index (χ4n) is 3.94. The van der Waals surface area contributed by atoms with Crippen LogP contribution in [-0.2, 0) is 9.59 Å². The Morgan fingerprint density at radius 1 is 0.857 bits per heavy atom. The summed E-state index contributed by atoms with van der Waals surface area (Å²) >= 11 is 0. The minimum atomic E-state index is -1.20. The molecule has 0 spiro atoms. The molecule has 0 amide bonds. The third-order valence-corrected chi connectivity index (χ3v) is 5.10. The molecule has 3 aromatic carbocycles. The maximum absolute atomic E-state index is 11.6. The molecule has 28 heavy (non-hydrogen) atoms. The highest BCUT2D eigenvalue weighted by molar-refractivity contribution is 5.88. The summed E-state index contributed by atoms with van der Waals surface area (Å²) in [6.07, 6.45) is -0.498. The maximum Gasteiger partial charge on any atom is 0.326 e. The van der Waals surface area contributed by atoms with Crippen LogP contribution in [0.15, 0.2) is 72.8 Å². The van der Waals surface area contributed by atoms with E-state index in [0.717, 1.165) is 27.8 Å². The van der Waals surface area contributed by atoms with Crippen LogP contribution in [0.3, 0.4) is 0 Å². The number of anilines is 1. The molecule has 0 saturated heterocycles. The van der Waals surface area contributed by atoms with Gasteiger partial charge in [-0.05, 0) is 33.9 Å². The second-order valence-electron chi connectivity index (χ2n) is 6.83. The molecule has 3 aromatic rings. The van der Waals surface area contributed by atoms with Gasteiger partial charge in [0.25, 0.3) is 0 Å². The number of carboxylic acid groups (broad SMARTS) is 2. The Bertz CT molecular complexity index is 1050. The van der Waals surface area contributed by atoms with Gasteiger partial charge in [-0.25, -0.2) is 4.79 Å². The molecule has 140 valence electrons. The van der Waals surface area contributed by atoms with Crippen LogP contribution in [0.1, 0.15) is 29.0 Å². The van der Waals surface area contributed by atoms with E-state index in [4.69, 9.17) is 5.11 Å². The SMILES string of the molecule is O=C(O)C[C@@H](Nc1cccc2c1C(c1ccccc1)c1ccccc1-2)C(=O)O. The standard InChI is InChI=1S/C23H19NO4/c25-20(26)13-19(23(27)28)24-18-12-6-11-17-15-9-4-5-10-16(15)21(22(17)18)14-7-2-1-3-8-14/h1-12,19,21,24H,13H2,(H,25,26)(H,27,28)/t19-,21?/m1/s1. The number of hydrogen-bond donors (Lipinski definition) is 3. The van der Waals surface area contributed by atoms with Gasteiger partial charge in [-0.1, -0.05) is 66.7 Å². The lowest BCUT2D eigenvalue weighted by atomic mass is 9.88. The van der Waals surface area contributed by atoms with Crippen LogP contribution in [0.2, 0.25) is 0 Å². The number of benzene rings is 3. The maximum atomic E-state index is 11.6. The van der Waals surface area contributed by atoms with E-state index in [-0.39, 0.29) is 5.92 Å². The van der Waals surface area contributed by atoms with Crippen molar-refractivity contribution in [3.63, 3.8) is 0 Å². The molecule has 1 aliphatic carbocycles. The smallest absolute Gasteiger partial charge is 0.326 e. The highest BCUT2D eigenvalue weighted by Gasteiger charge is 2.33. The minimum absolute atomic E-state index is 0.0460. The monoisotopic (exact) mass is 373 g/mol. The second kappa shape index (κ2) is 7.19. The molecule has 0 heterocycles. The van der Waals surface area contributed by atoms with Crippen molar-refractivity contribution in [2.24, 2.45) is 0 Å². The lowest BCUT2D eigenvalue weighted by Crippen LogP contribution is -2.32. The van der Waals surface area contributed by atoms with Gasteiger partial charge in [0.15, 0.2) is 0 Å². The topological polar surface area (TPSA) is 86.6 Å². The molecule has 0 radical (unpaired) electrons. The summed E-state index contributed by atoms with van der Waals surface area (Å²) in [5, 5.41) is 21.5. The highest BCUT2D eigenvalue weighted by atomic mass is 16.4. The van der Waals surface area contributed by atoms with Gasteiger partial charge < -0.3 is 15.5 Å². The second-order valence-corrected chi connectivity index (χ2v) is 6.83. The first-order valence-electron chi connectivity index (χ1n) is 9.04. The van der Waals surface area contributed by atoms with Crippen LogP contribution < -0.4 is 5.32 Å². The number of carbonyl (C=O) groups is 2. The zero-order chi connectivity index (χ0) is 19.7. The van der Waals surface area contributed by atoms with Crippen molar-refractivity contribution in [2.45, 2.75) is 18.4 Å². The molecule has 0 bridgehead atoms. The van der Waals surface area contributed by atoms with E-state index in [1.807, 2.05) is 48.5 Å². The van der Waals surface area contributed by atoms with E-state index in [0.29, 0.717) is 5.69 Å². The fraction of sp³-hybridized carbons (Fsp3) is 0.130. The predicted molar refractivity (Wildman–Crippen MR) is 107 cm³/mol.